The number of aliphatic carboxylic acids is 1. The van der Waals surface area contributed by atoms with Gasteiger partial charge in [-0.05, 0) is 30.7 Å². The van der Waals surface area contributed by atoms with E-state index in [-0.39, 0.29) is 0 Å². The Bertz CT molecular complexity index is 628. The highest BCUT2D eigenvalue weighted by molar-refractivity contribution is 6.30. The van der Waals surface area contributed by atoms with E-state index < -0.39 is 12.0 Å². The van der Waals surface area contributed by atoms with Crippen LogP contribution >= 0.6 is 11.6 Å². The van der Waals surface area contributed by atoms with Gasteiger partial charge in [0.25, 0.3) is 0 Å². The lowest BCUT2D eigenvalue weighted by molar-refractivity contribution is -0.139. The molecule has 1 atom stereocenters. The molecule has 0 amide bonds. The lowest BCUT2D eigenvalue weighted by atomic mass is 10.2. The topological polar surface area (TPSA) is 58.6 Å². The van der Waals surface area contributed by atoms with Gasteiger partial charge in [-0.25, -0.2) is 0 Å². The highest BCUT2D eigenvalue weighted by atomic mass is 35.5. The van der Waals surface area contributed by atoms with Gasteiger partial charge in [0.15, 0.2) is 0 Å². The van der Waals surface area contributed by atoms with Crippen molar-refractivity contribution in [3.05, 3.63) is 64.7 Å². The van der Waals surface area contributed by atoms with Crippen LogP contribution in [0.4, 0.5) is 0 Å². The van der Waals surface area contributed by atoms with Crippen molar-refractivity contribution >= 4 is 17.6 Å². The molecule has 0 saturated carbocycles. The average Bonchev–Trinajstić information content (AvgIpc) is 2.52. The van der Waals surface area contributed by atoms with Crippen LogP contribution < -0.4 is 10.1 Å². The third-order valence-electron chi connectivity index (χ3n) is 3.25. The molecule has 2 aromatic rings. The molecule has 4 nitrogen and oxygen atoms in total. The van der Waals surface area contributed by atoms with Gasteiger partial charge in [0.2, 0.25) is 0 Å². The lowest BCUT2D eigenvalue weighted by Gasteiger charge is -2.14. The molecule has 22 heavy (non-hydrogen) atoms. The van der Waals surface area contributed by atoms with Gasteiger partial charge >= 0.3 is 5.97 Å². The number of hydrogen-bond donors (Lipinski definition) is 2. The van der Waals surface area contributed by atoms with Gasteiger partial charge in [0.1, 0.15) is 18.4 Å². The summed E-state index contributed by atoms with van der Waals surface area (Å²) in [6.07, 6.45) is 0. The number of rotatable bonds is 7. The summed E-state index contributed by atoms with van der Waals surface area (Å²) in [5.41, 5.74) is 1.94. The van der Waals surface area contributed by atoms with Crippen molar-refractivity contribution in [2.24, 2.45) is 0 Å². The van der Waals surface area contributed by atoms with E-state index in [0.29, 0.717) is 18.2 Å². The van der Waals surface area contributed by atoms with E-state index in [9.17, 15) is 4.79 Å². The summed E-state index contributed by atoms with van der Waals surface area (Å²) in [5.74, 6) is -0.137. The highest BCUT2D eigenvalue weighted by Crippen LogP contribution is 2.20. The molecular weight excluding hydrogens is 302 g/mol. The first-order valence-corrected chi connectivity index (χ1v) is 7.35. The maximum atomic E-state index is 10.8. The Morgan fingerprint density at radius 2 is 1.91 bits per heavy atom. The number of para-hydroxylation sites is 1. The van der Waals surface area contributed by atoms with E-state index in [1.807, 2.05) is 48.5 Å². The molecule has 0 aliphatic heterocycles. The summed E-state index contributed by atoms with van der Waals surface area (Å²) in [5, 5.41) is 12.5. The third kappa shape index (κ3) is 4.76. The van der Waals surface area contributed by atoms with Gasteiger partial charge in [-0.2, -0.15) is 0 Å². The van der Waals surface area contributed by atoms with Crippen molar-refractivity contribution in [2.45, 2.75) is 26.1 Å². The minimum atomic E-state index is -0.875. The van der Waals surface area contributed by atoms with Crippen molar-refractivity contribution in [1.29, 1.82) is 0 Å². The number of nitrogens with one attached hydrogen (secondary N) is 1. The van der Waals surface area contributed by atoms with E-state index in [4.69, 9.17) is 21.4 Å². The zero-order chi connectivity index (χ0) is 15.9. The molecule has 116 valence electrons. The van der Waals surface area contributed by atoms with Crippen molar-refractivity contribution in [2.75, 3.05) is 0 Å². The van der Waals surface area contributed by atoms with Crippen LogP contribution in [-0.2, 0) is 17.9 Å². The van der Waals surface area contributed by atoms with Crippen LogP contribution in [0.15, 0.2) is 48.5 Å². The summed E-state index contributed by atoms with van der Waals surface area (Å²) in [7, 11) is 0. The molecule has 2 rings (SSSR count). The second-order valence-corrected chi connectivity index (χ2v) is 5.40. The second-order valence-electron chi connectivity index (χ2n) is 4.96. The van der Waals surface area contributed by atoms with E-state index >= 15 is 0 Å². The Balaban J connectivity index is 1.98. The number of hydrogen-bond acceptors (Lipinski definition) is 3. The number of carboxylic acids is 1. The van der Waals surface area contributed by atoms with Gasteiger partial charge in [-0.3, -0.25) is 4.79 Å². The van der Waals surface area contributed by atoms with Crippen LogP contribution in [0.5, 0.6) is 5.75 Å². The summed E-state index contributed by atoms with van der Waals surface area (Å²) in [6, 6.07) is 14.4. The molecule has 0 aliphatic rings. The smallest absolute Gasteiger partial charge is 0.320 e. The zero-order valence-electron chi connectivity index (χ0n) is 12.3. The molecule has 0 heterocycles. The van der Waals surface area contributed by atoms with E-state index in [2.05, 4.69) is 5.32 Å². The van der Waals surface area contributed by atoms with Crippen LogP contribution in [0.1, 0.15) is 18.1 Å². The molecule has 0 bridgehead atoms. The minimum absolute atomic E-state index is 0.433. The van der Waals surface area contributed by atoms with Crippen LogP contribution in [-0.4, -0.2) is 17.1 Å². The Labute approximate surface area is 134 Å². The average molecular weight is 320 g/mol. The highest BCUT2D eigenvalue weighted by Gasteiger charge is 2.11. The van der Waals surface area contributed by atoms with Crippen molar-refractivity contribution < 1.29 is 14.6 Å². The predicted molar refractivity (Wildman–Crippen MR) is 86.2 cm³/mol. The first-order chi connectivity index (χ1) is 10.6. The summed E-state index contributed by atoms with van der Waals surface area (Å²) >= 11 is 5.85. The van der Waals surface area contributed by atoms with E-state index in [0.717, 1.165) is 16.9 Å². The fraction of sp³-hybridized carbons (Fsp3) is 0.235. The van der Waals surface area contributed by atoms with Crippen molar-refractivity contribution in [3.63, 3.8) is 0 Å². The second kappa shape index (κ2) is 7.82. The standard InChI is InChI=1S/C17H18ClNO3/c1-12(17(20)21)19-10-14-4-2-3-5-16(14)22-11-13-6-8-15(18)9-7-13/h2-9,12,19H,10-11H2,1H3,(H,20,21). The van der Waals surface area contributed by atoms with Gasteiger partial charge in [-0.15, -0.1) is 0 Å². The molecule has 2 aromatic carbocycles. The van der Waals surface area contributed by atoms with E-state index in [1.165, 1.54) is 0 Å². The molecule has 0 fully saturated rings. The molecule has 0 radical (unpaired) electrons. The first-order valence-electron chi connectivity index (χ1n) is 6.97. The Morgan fingerprint density at radius 3 is 2.59 bits per heavy atom. The van der Waals surface area contributed by atoms with Crippen molar-refractivity contribution in [3.8, 4) is 5.75 Å². The molecule has 1 unspecified atom stereocenters. The van der Waals surface area contributed by atoms with Crippen LogP contribution in [0.2, 0.25) is 5.02 Å². The normalized spacial score (nSPS) is 11.9. The predicted octanol–water partition coefficient (Wildman–Crippen LogP) is 3.48. The minimum Gasteiger partial charge on any atom is -0.489 e. The zero-order valence-corrected chi connectivity index (χ0v) is 13.0. The summed E-state index contributed by atoms with van der Waals surface area (Å²) in [4.78, 5) is 10.8. The number of halogens is 1. The largest absolute Gasteiger partial charge is 0.489 e. The number of carbonyl (C=O) groups is 1. The van der Waals surface area contributed by atoms with Crippen molar-refractivity contribution in [1.82, 2.24) is 5.32 Å². The Morgan fingerprint density at radius 1 is 1.23 bits per heavy atom. The fourth-order valence-electron chi connectivity index (χ4n) is 1.88. The molecule has 0 aliphatic carbocycles. The maximum absolute atomic E-state index is 10.8. The van der Waals surface area contributed by atoms with Crippen LogP contribution in [0, 0.1) is 0 Å². The lowest BCUT2D eigenvalue weighted by Crippen LogP contribution is -2.33. The van der Waals surface area contributed by atoms with Gasteiger partial charge in [0, 0.05) is 17.1 Å². The SMILES string of the molecule is CC(NCc1ccccc1OCc1ccc(Cl)cc1)C(=O)O. The molecule has 0 spiro atoms. The Kier molecular flexibility index (Phi) is 5.81. The molecular formula is C17H18ClNO3. The monoisotopic (exact) mass is 319 g/mol. The Hall–Kier alpha value is -2.04. The summed E-state index contributed by atoms with van der Waals surface area (Å²) < 4.78 is 5.83. The van der Waals surface area contributed by atoms with Crippen LogP contribution in [0.25, 0.3) is 0 Å². The van der Waals surface area contributed by atoms with E-state index in [1.54, 1.807) is 6.92 Å². The quantitative estimate of drug-likeness (QED) is 0.820. The number of carboxylic acid groups (broad SMARTS) is 1. The first kappa shape index (κ1) is 16.3. The molecule has 0 aromatic heterocycles. The van der Waals surface area contributed by atoms with Gasteiger partial charge in [0.05, 0.1) is 0 Å². The molecule has 5 heteroatoms. The number of ether oxygens (including phenoxy) is 1. The van der Waals surface area contributed by atoms with Gasteiger partial charge < -0.3 is 15.2 Å². The fourth-order valence-corrected chi connectivity index (χ4v) is 2.01. The molecule has 2 N–H and O–H groups in total. The van der Waals surface area contributed by atoms with Crippen LogP contribution in [0.3, 0.4) is 0 Å². The maximum Gasteiger partial charge on any atom is 0.320 e. The number of benzene rings is 2. The van der Waals surface area contributed by atoms with Gasteiger partial charge in [-0.1, -0.05) is 41.9 Å². The third-order valence-corrected chi connectivity index (χ3v) is 3.50. The summed E-state index contributed by atoms with van der Waals surface area (Å²) in [6.45, 7) is 2.48. The molecule has 0 saturated heterocycles.